The number of nitrogens with zero attached hydrogens (tertiary/aromatic N) is 1. The molecule has 2 unspecified atom stereocenters. The van der Waals surface area contributed by atoms with E-state index in [1.165, 1.54) is 36.9 Å². The molecule has 2 heterocycles. The number of aromatic nitrogens is 1. The maximum absolute atomic E-state index is 11.3. The lowest BCUT2D eigenvalue weighted by Crippen LogP contribution is -2.05. The number of rotatable bonds is 0. The number of hydrogen-bond donors (Lipinski definition) is 1. The standard InChI is InChI=1S/C13H14N2O.ClH/c16-11-6-9-5-10-7-2-1-3-8(4-7)12(10)15-13(9)14-11;/h5,7-8H,1-4,6H2,(H,14,15,16);1H. The van der Waals surface area contributed by atoms with Gasteiger partial charge in [0.15, 0.2) is 0 Å². The summed E-state index contributed by atoms with van der Waals surface area (Å²) >= 11 is 0. The summed E-state index contributed by atoms with van der Waals surface area (Å²) in [7, 11) is 0. The van der Waals surface area contributed by atoms with E-state index in [0.29, 0.717) is 12.3 Å². The third-order valence-electron chi connectivity index (χ3n) is 4.27. The smallest absolute Gasteiger partial charge is 0.230 e. The number of hydrogen-bond acceptors (Lipinski definition) is 2. The molecule has 2 bridgehead atoms. The summed E-state index contributed by atoms with van der Waals surface area (Å²) in [4.78, 5) is 16.0. The second-order valence-electron chi connectivity index (χ2n) is 5.26. The maximum atomic E-state index is 11.3. The molecule has 1 amide bonds. The summed E-state index contributed by atoms with van der Waals surface area (Å²) < 4.78 is 0. The van der Waals surface area contributed by atoms with Crippen molar-refractivity contribution in [2.45, 2.75) is 43.9 Å². The van der Waals surface area contributed by atoms with Crippen LogP contribution in [0.5, 0.6) is 0 Å². The molecule has 2 aliphatic carbocycles. The first-order valence-electron chi connectivity index (χ1n) is 6.15. The lowest BCUT2D eigenvalue weighted by molar-refractivity contribution is -0.115. The zero-order valence-corrected chi connectivity index (χ0v) is 10.3. The summed E-state index contributed by atoms with van der Waals surface area (Å²) in [5, 5.41) is 2.86. The molecule has 4 rings (SSSR count). The summed E-state index contributed by atoms with van der Waals surface area (Å²) in [6.07, 6.45) is 5.74. The molecule has 1 fully saturated rings. The number of amides is 1. The Kier molecular flexibility index (Phi) is 2.40. The normalized spacial score (nSPS) is 28.1. The number of carbonyl (C=O) groups excluding carboxylic acids is 1. The van der Waals surface area contributed by atoms with E-state index >= 15 is 0 Å². The van der Waals surface area contributed by atoms with Crippen LogP contribution in [0.2, 0.25) is 0 Å². The SMILES string of the molecule is Cl.O=C1Cc2cc3c(nc2N1)C1CCCC3C1. The molecule has 1 aliphatic heterocycles. The topological polar surface area (TPSA) is 42.0 Å². The molecule has 3 aliphatic rings. The van der Waals surface area contributed by atoms with Crippen LogP contribution in [-0.4, -0.2) is 10.9 Å². The van der Waals surface area contributed by atoms with E-state index in [-0.39, 0.29) is 18.3 Å². The molecule has 0 radical (unpaired) electrons. The van der Waals surface area contributed by atoms with Crippen molar-refractivity contribution in [1.29, 1.82) is 0 Å². The highest BCUT2D eigenvalue weighted by Crippen LogP contribution is 2.50. The monoisotopic (exact) mass is 250 g/mol. The van der Waals surface area contributed by atoms with Crippen LogP contribution >= 0.6 is 12.4 Å². The molecule has 1 saturated carbocycles. The van der Waals surface area contributed by atoms with E-state index in [4.69, 9.17) is 4.98 Å². The Morgan fingerprint density at radius 2 is 2.12 bits per heavy atom. The number of halogens is 1. The fourth-order valence-corrected chi connectivity index (χ4v) is 3.55. The van der Waals surface area contributed by atoms with Gasteiger partial charge in [-0.1, -0.05) is 6.42 Å². The van der Waals surface area contributed by atoms with Crippen molar-refractivity contribution in [3.8, 4) is 0 Å². The van der Waals surface area contributed by atoms with Gasteiger partial charge < -0.3 is 5.32 Å². The van der Waals surface area contributed by atoms with E-state index in [1.807, 2.05) is 0 Å². The van der Waals surface area contributed by atoms with Gasteiger partial charge in [0.1, 0.15) is 5.82 Å². The molecule has 1 aromatic rings. The molecule has 4 heteroatoms. The van der Waals surface area contributed by atoms with Crippen LogP contribution in [0.3, 0.4) is 0 Å². The fraction of sp³-hybridized carbons (Fsp3) is 0.538. The van der Waals surface area contributed by atoms with Crippen molar-refractivity contribution in [3.05, 3.63) is 22.9 Å². The third kappa shape index (κ3) is 1.48. The largest absolute Gasteiger partial charge is 0.310 e. The Hall–Kier alpha value is -1.09. The summed E-state index contributed by atoms with van der Waals surface area (Å²) in [6.45, 7) is 0. The average molecular weight is 251 g/mol. The van der Waals surface area contributed by atoms with Crippen LogP contribution in [0.4, 0.5) is 5.82 Å². The van der Waals surface area contributed by atoms with Gasteiger partial charge in [0.25, 0.3) is 0 Å². The van der Waals surface area contributed by atoms with Crippen molar-refractivity contribution in [1.82, 2.24) is 4.98 Å². The van der Waals surface area contributed by atoms with Gasteiger partial charge >= 0.3 is 0 Å². The van der Waals surface area contributed by atoms with Gasteiger partial charge in [0.05, 0.1) is 6.42 Å². The maximum Gasteiger partial charge on any atom is 0.230 e. The molecule has 1 N–H and O–H groups in total. The highest BCUT2D eigenvalue weighted by atomic mass is 35.5. The first kappa shape index (κ1) is 11.0. The summed E-state index contributed by atoms with van der Waals surface area (Å²) in [5.41, 5.74) is 3.83. The van der Waals surface area contributed by atoms with E-state index in [0.717, 1.165) is 17.3 Å². The van der Waals surface area contributed by atoms with Gasteiger partial charge in [-0.2, -0.15) is 0 Å². The quantitative estimate of drug-likeness (QED) is 0.769. The molecule has 2 atom stereocenters. The summed E-state index contributed by atoms with van der Waals surface area (Å²) in [5.74, 6) is 2.31. The zero-order valence-electron chi connectivity index (χ0n) is 9.53. The minimum atomic E-state index is 0. The average Bonchev–Trinajstić information content (AvgIpc) is 2.76. The van der Waals surface area contributed by atoms with Gasteiger partial charge in [0.2, 0.25) is 5.91 Å². The van der Waals surface area contributed by atoms with E-state index < -0.39 is 0 Å². The lowest BCUT2D eigenvalue weighted by Gasteiger charge is -2.17. The Balaban J connectivity index is 0.000000902. The molecular weight excluding hydrogens is 236 g/mol. The van der Waals surface area contributed by atoms with Crippen molar-refractivity contribution < 1.29 is 4.79 Å². The lowest BCUT2D eigenvalue weighted by atomic mass is 9.87. The molecule has 0 saturated heterocycles. The number of fused-ring (bicyclic) bond motifs is 6. The number of carbonyl (C=O) groups is 1. The Labute approximate surface area is 106 Å². The summed E-state index contributed by atoms with van der Waals surface area (Å²) in [6, 6.07) is 2.24. The first-order chi connectivity index (χ1) is 7.81. The van der Waals surface area contributed by atoms with Crippen LogP contribution in [0.15, 0.2) is 6.07 Å². The zero-order chi connectivity index (χ0) is 10.7. The van der Waals surface area contributed by atoms with Gasteiger partial charge in [-0.3, -0.25) is 4.79 Å². The van der Waals surface area contributed by atoms with Crippen molar-refractivity contribution in [2.75, 3.05) is 5.32 Å². The van der Waals surface area contributed by atoms with Crippen LogP contribution in [0.1, 0.15) is 54.3 Å². The van der Waals surface area contributed by atoms with E-state index in [9.17, 15) is 4.79 Å². The van der Waals surface area contributed by atoms with Crippen molar-refractivity contribution in [3.63, 3.8) is 0 Å². The van der Waals surface area contributed by atoms with Crippen molar-refractivity contribution >= 4 is 24.1 Å². The second kappa shape index (κ2) is 3.70. The molecule has 17 heavy (non-hydrogen) atoms. The minimum Gasteiger partial charge on any atom is -0.310 e. The predicted octanol–water partition coefficient (Wildman–Crippen LogP) is 2.75. The van der Waals surface area contributed by atoms with Gasteiger partial charge in [0, 0.05) is 17.2 Å². The third-order valence-corrected chi connectivity index (χ3v) is 4.27. The van der Waals surface area contributed by atoms with Gasteiger partial charge in [-0.15, -0.1) is 12.4 Å². The fourth-order valence-electron chi connectivity index (χ4n) is 3.55. The molecule has 0 aromatic carbocycles. The van der Waals surface area contributed by atoms with Crippen LogP contribution < -0.4 is 5.32 Å². The van der Waals surface area contributed by atoms with E-state index in [1.54, 1.807) is 0 Å². The molecule has 90 valence electrons. The molecule has 3 nitrogen and oxygen atoms in total. The Bertz CT molecular complexity index is 459. The van der Waals surface area contributed by atoms with Gasteiger partial charge in [-0.05, 0) is 36.8 Å². The minimum absolute atomic E-state index is 0. The van der Waals surface area contributed by atoms with Crippen molar-refractivity contribution in [2.24, 2.45) is 0 Å². The first-order valence-corrected chi connectivity index (χ1v) is 6.15. The molecule has 1 aromatic heterocycles. The van der Waals surface area contributed by atoms with Gasteiger partial charge in [-0.25, -0.2) is 4.98 Å². The highest BCUT2D eigenvalue weighted by Gasteiger charge is 2.37. The Morgan fingerprint density at radius 3 is 3.00 bits per heavy atom. The van der Waals surface area contributed by atoms with Crippen LogP contribution in [0.25, 0.3) is 0 Å². The Morgan fingerprint density at radius 1 is 1.29 bits per heavy atom. The number of anilines is 1. The number of pyridine rings is 1. The highest BCUT2D eigenvalue weighted by molar-refractivity contribution is 5.98. The number of nitrogens with one attached hydrogen (secondary N) is 1. The predicted molar refractivity (Wildman–Crippen MR) is 67.8 cm³/mol. The van der Waals surface area contributed by atoms with Crippen LogP contribution in [-0.2, 0) is 11.2 Å². The van der Waals surface area contributed by atoms with E-state index in [2.05, 4.69) is 11.4 Å². The van der Waals surface area contributed by atoms with Crippen LogP contribution in [0, 0.1) is 0 Å². The second-order valence-corrected chi connectivity index (χ2v) is 5.26. The molecule has 0 spiro atoms. The molecular formula is C13H15ClN2O.